The van der Waals surface area contributed by atoms with Gasteiger partial charge in [0.25, 0.3) is 0 Å². The molecule has 0 amide bonds. The highest BCUT2D eigenvalue weighted by atomic mass is 19.1. The quantitative estimate of drug-likeness (QED) is 0.774. The molecule has 2 aromatic heterocycles. The number of anilines is 1. The fourth-order valence-electron chi connectivity index (χ4n) is 3.45. The molecule has 0 radical (unpaired) electrons. The van der Waals surface area contributed by atoms with Gasteiger partial charge in [-0.3, -0.25) is 0 Å². The van der Waals surface area contributed by atoms with Gasteiger partial charge >= 0.3 is 5.97 Å². The Balaban J connectivity index is 1.80. The lowest BCUT2D eigenvalue weighted by Gasteiger charge is -2.27. The van der Waals surface area contributed by atoms with Crippen LogP contribution in [0.4, 0.5) is 18.9 Å². The maximum atomic E-state index is 14.2. The molecule has 1 aromatic carbocycles. The molecule has 3 heterocycles. The second-order valence-electron chi connectivity index (χ2n) is 6.25. The number of carbonyl (C=O) groups is 1. The van der Waals surface area contributed by atoms with Crippen LogP contribution in [0, 0.1) is 11.6 Å². The smallest absolute Gasteiger partial charge is 0.339 e. The number of halogens is 3. The SMILES string of the molecule is O=C(O)c1cnn2ccc(N3C[C@H](F)C[C@@H]3c3cc(F)ccc3F)cc12. The van der Waals surface area contributed by atoms with E-state index in [1.165, 1.54) is 10.7 Å². The molecule has 0 bridgehead atoms. The molecule has 26 heavy (non-hydrogen) atoms. The third-order valence-electron chi connectivity index (χ3n) is 4.63. The minimum absolute atomic E-state index is 0.00728. The van der Waals surface area contributed by atoms with Crippen molar-refractivity contribution in [3.05, 3.63) is 65.5 Å². The largest absolute Gasteiger partial charge is 0.478 e. The van der Waals surface area contributed by atoms with Crippen LogP contribution in [0.25, 0.3) is 5.52 Å². The minimum atomic E-state index is -1.21. The number of rotatable bonds is 3. The van der Waals surface area contributed by atoms with Gasteiger partial charge in [-0.2, -0.15) is 5.10 Å². The van der Waals surface area contributed by atoms with Gasteiger partial charge in [-0.1, -0.05) is 0 Å². The molecule has 2 atom stereocenters. The van der Waals surface area contributed by atoms with Gasteiger partial charge in [0.05, 0.1) is 17.8 Å². The second-order valence-corrected chi connectivity index (χ2v) is 6.25. The van der Waals surface area contributed by atoms with Crippen LogP contribution in [-0.2, 0) is 0 Å². The van der Waals surface area contributed by atoms with Crippen molar-refractivity contribution in [1.29, 1.82) is 0 Å². The number of hydrogen-bond acceptors (Lipinski definition) is 3. The zero-order valence-electron chi connectivity index (χ0n) is 13.4. The Morgan fingerprint density at radius 2 is 2.04 bits per heavy atom. The summed E-state index contributed by atoms with van der Waals surface area (Å²) in [6.07, 6.45) is 1.61. The van der Waals surface area contributed by atoms with Gasteiger partial charge in [0.1, 0.15) is 23.4 Å². The van der Waals surface area contributed by atoms with E-state index in [0.717, 1.165) is 18.2 Å². The maximum absolute atomic E-state index is 14.2. The number of benzene rings is 1. The van der Waals surface area contributed by atoms with E-state index in [9.17, 15) is 23.1 Å². The van der Waals surface area contributed by atoms with Crippen LogP contribution in [0.1, 0.15) is 28.4 Å². The molecule has 1 N–H and O–H groups in total. The number of pyridine rings is 1. The van der Waals surface area contributed by atoms with E-state index in [2.05, 4.69) is 5.10 Å². The number of hydrogen-bond donors (Lipinski definition) is 1. The van der Waals surface area contributed by atoms with Crippen LogP contribution < -0.4 is 4.90 Å². The first-order valence-corrected chi connectivity index (χ1v) is 8.00. The van der Waals surface area contributed by atoms with Crippen LogP contribution in [0.15, 0.2) is 42.7 Å². The highest BCUT2D eigenvalue weighted by Crippen LogP contribution is 2.39. The molecule has 3 aromatic rings. The molecule has 5 nitrogen and oxygen atoms in total. The van der Waals surface area contributed by atoms with E-state index >= 15 is 0 Å². The topological polar surface area (TPSA) is 57.8 Å². The zero-order chi connectivity index (χ0) is 18.4. The summed E-state index contributed by atoms with van der Waals surface area (Å²) in [6.45, 7) is 0.00728. The van der Waals surface area contributed by atoms with Gasteiger partial charge < -0.3 is 10.0 Å². The average molecular weight is 361 g/mol. The molecular formula is C18H14F3N3O2. The molecule has 0 spiro atoms. The van der Waals surface area contributed by atoms with Crippen LogP contribution >= 0.6 is 0 Å². The summed E-state index contributed by atoms with van der Waals surface area (Å²) in [4.78, 5) is 12.9. The van der Waals surface area contributed by atoms with Crippen LogP contribution in [-0.4, -0.2) is 33.4 Å². The minimum Gasteiger partial charge on any atom is -0.478 e. The predicted octanol–water partition coefficient (Wildman–Crippen LogP) is 3.60. The fourth-order valence-corrected chi connectivity index (χ4v) is 3.45. The van der Waals surface area contributed by atoms with Crippen molar-refractivity contribution >= 4 is 17.2 Å². The van der Waals surface area contributed by atoms with Crippen LogP contribution in [0.2, 0.25) is 0 Å². The first kappa shape index (κ1) is 16.4. The van der Waals surface area contributed by atoms with Crippen molar-refractivity contribution in [2.24, 2.45) is 0 Å². The summed E-state index contributed by atoms with van der Waals surface area (Å²) in [5.74, 6) is -2.33. The third kappa shape index (κ3) is 2.67. The molecule has 1 fully saturated rings. The number of alkyl halides is 1. The molecule has 0 aliphatic carbocycles. The Kier molecular flexibility index (Phi) is 3.82. The normalized spacial score (nSPS) is 20.0. The Labute approximate surface area is 146 Å². The lowest BCUT2D eigenvalue weighted by molar-refractivity contribution is 0.0699. The summed E-state index contributed by atoms with van der Waals surface area (Å²) < 4.78 is 43.3. The van der Waals surface area contributed by atoms with Crippen molar-refractivity contribution in [3.63, 3.8) is 0 Å². The molecule has 134 valence electrons. The second kappa shape index (κ2) is 6.05. The van der Waals surface area contributed by atoms with Gasteiger partial charge in [0.15, 0.2) is 0 Å². The van der Waals surface area contributed by atoms with Crippen molar-refractivity contribution in [1.82, 2.24) is 9.61 Å². The van der Waals surface area contributed by atoms with Crippen LogP contribution in [0.5, 0.6) is 0 Å². The summed E-state index contributed by atoms with van der Waals surface area (Å²) >= 11 is 0. The molecule has 1 aliphatic heterocycles. The van der Waals surface area contributed by atoms with Gasteiger partial charge in [0.2, 0.25) is 0 Å². The Morgan fingerprint density at radius 3 is 2.81 bits per heavy atom. The molecule has 1 aliphatic rings. The molecule has 8 heteroatoms. The number of fused-ring (bicyclic) bond motifs is 1. The Bertz CT molecular complexity index is 1000. The molecular weight excluding hydrogens is 347 g/mol. The Morgan fingerprint density at radius 1 is 1.23 bits per heavy atom. The first-order chi connectivity index (χ1) is 12.4. The molecule has 4 rings (SSSR count). The number of nitrogens with zero attached hydrogens (tertiary/aromatic N) is 3. The number of carboxylic acids is 1. The van der Waals surface area contributed by atoms with E-state index in [-0.39, 0.29) is 24.1 Å². The van der Waals surface area contributed by atoms with E-state index in [1.54, 1.807) is 23.2 Å². The molecule has 0 saturated carbocycles. The maximum Gasteiger partial charge on any atom is 0.339 e. The number of aromatic nitrogens is 2. The van der Waals surface area contributed by atoms with Gasteiger partial charge in [-0.05, 0) is 30.3 Å². The zero-order valence-corrected chi connectivity index (χ0v) is 13.4. The average Bonchev–Trinajstić information content (AvgIpc) is 3.19. The molecule has 1 saturated heterocycles. The summed E-state index contributed by atoms with van der Waals surface area (Å²) in [5, 5.41) is 13.2. The summed E-state index contributed by atoms with van der Waals surface area (Å²) in [5.41, 5.74) is 0.957. The van der Waals surface area contributed by atoms with E-state index in [1.807, 2.05) is 0 Å². The van der Waals surface area contributed by atoms with E-state index in [4.69, 9.17) is 0 Å². The number of carboxylic acid groups (broad SMARTS) is 1. The van der Waals surface area contributed by atoms with Gasteiger partial charge in [-0.15, -0.1) is 0 Å². The molecule has 0 unspecified atom stereocenters. The van der Waals surface area contributed by atoms with Gasteiger partial charge in [0, 0.05) is 30.4 Å². The van der Waals surface area contributed by atoms with E-state index in [0.29, 0.717) is 11.2 Å². The van der Waals surface area contributed by atoms with E-state index < -0.39 is 29.8 Å². The lowest BCUT2D eigenvalue weighted by atomic mass is 10.0. The number of aromatic carboxylic acids is 1. The monoisotopic (exact) mass is 361 g/mol. The van der Waals surface area contributed by atoms with Gasteiger partial charge in [-0.25, -0.2) is 22.5 Å². The standard InChI is InChI=1S/C18H14F3N3O2/c19-10-1-2-15(21)13(5-10)16-6-11(20)9-23(16)12-3-4-24-17(7-12)14(8-22-24)18(25)26/h1-5,7-8,11,16H,6,9H2,(H,25,26)/t11-,16-/m1/s1. The highest BCUT2D eigenvalue weighted by Gasteiger charge is 2.35. The van der Waals surface area contributed by atoms with Crippen molar-refractivity contribution in [2.75, 3.05) is 11.4 Å². The summed E-state index contributed by atoms with van der Waals surface area (Å²) in [6, 6.07) is 5.65. The third-order valence-corrected chi connectivity index (χ3v) is 4.63. The van der Waals surface area contributed by atoms with Crippen molar-refractivity contribution in [2.45, 2.75) is 18.6 Å². The first-order valence-electron chi connectivity index (χ1n) is 8.00. The highest BCUT2D eigenvalue weighted by molar-refractivity contribution is 5.95. The van der Waals surface area contributed by atoms with Crippen LogP contribution in [0.3, 0.4) is 0 Å². The van der Waals surface area contributed by atoms with Crippen molar-refractivity contribution < 1.29 is 23.1 Å². The fraction of sp³-hybridized carbons (Fsp3) is 0.222. The predicted molar refractivity (Wildman–Crippen MR) is 88.1 cm³/mol. The lowest BCUT2D eigenvalue weighted by Crippen LogP contribution is -2.24. The summed E-state index contributed by atoms with van der Waals surface area (Å²) in [7, 11) is 0. The van der Waals surface area contributed by atoms with Crippen molar-refractivity contribution in [3.8, 4) is 0 Å². The Hall–Kier alpha value is -3.03.